The Balaban J connectivity index is 0.00000144. The van der Waals surface area contributed by atoms with Gasteiger partial charge in [-0.15, -0.1) is 24.8 Å². The number of nitrogens with zero attached hydrogens (tertiary/aromatic N) is 4. The normalized spacial score (nSPS) is 19.1. The molecule has 1 aliphatic heterocycles. The molecule has 1 atom stereocenters. The number of carbonyl (C=O) groups excluding carboxylic acids is 1. The molecule has 2 aromatic rings. The van der Waals surface area contributed by atoms with Gasteiger partial charge in [0.05, 0.1) is 5.69 Å². The Bertz CT molecular complexity index is 675. The molecule has 1 aliphatic rings. The SMILES string of the molecule is CC1(C)CN(C(=O)c2cccc(-n3cncn3)c2)CCC1N.Cl.Cl. The summed E-state index contributed by atoms with van der Waals surface area (Å²) in [6.07, 6.45) is 3.93. The molecule has 1 aromatic heterocycles. The summed E-state index contributed by atoms with van der Waals surface area (Å²) in [5, 5.41) is 4.10. The number of amides is 1. The lowest BCUT2D eigenvalue weighted by Crippen LogP contribution is -2.54. The number of likely N-dealkylation sites (tertiary alicyclic amines) is 1. The highest BCUT2D eigenvalue weighted by Crippen LogP contribution is 2.28. The molecule has 3 rings (SSSR count). The van der Waals surface area contributed by atoms with Crippen molar-refractivity contribution in [3.8, 4) is 5.69 Å². The van der Waals surface area contributed by atoms with Crippen LogP contribution in [0.15, 0.2) is 36.9 Å². The van der Waals surface area contributed by atoms with Gasteiger partial charge >= 0.3 is 0 Å². The number of hydrogen-bond acceptors (Lipinski definition) is 4. The van der Waals surface area contributed by atoms with E-state index in [9.17, 15) is 4.79 Å². The van der Waals surface area contributed by atoms with Crippen LogP contribution in [0.2, 0.25) is 0 Å². The van der Waals surface area contributed by atoms with Gasteiger partial charge in [0.15, 0.2) is 0 Å². The Hall–Kier alpha value is -1.63. The third-order valence-electron chi connectivity index (χ3n) is 4.38. The number of nitrogens with two attached hydrogens (primary N) is 1. The van der Waals surface area contributed by atoms with Gasteiger partial charge in [0.1, 0.15) is 12.7 Å². The zero-order valence-corrected chi connectivity index (χ0v) is 15.4. The summed E-state index contributed by atoms with van der Waals surface area (Å²) in [7, 11) is 0. The molecule has 1 saturated heterocycles. The standard InChI is InChI=1S/C16H21N5O.2ClH/c1-16(2)9-20(7-6-14(16)17)15(22)12-4-3-5-13(8-12)21-11-18-10-19-21;;/h3-5,8,10-11,14H,6-7,9,17H2,1-2H3;2*1H. The average molecular weight is 372 g/mol. The molecule has 1 amide bonds. The van der Waals surface area contributed by atoms with Gasteiger partial charge in [0, 0.05) is 24.7 Å². The molecule has 0 spiro atoms. The van der Waals surface area contributed by atoms with Crippen molar-refractivity contribution >= 4 is 30.7 Å². The first-order valence-electron chi connectivity index (χ1n) is 7.47. The minimum Gasteiger partial charge on any atom is -0.338 e. The van der Waals surface area contributed by atoms with Crippen LogP contribution in [0.4, 0.5) is 0 Å². The molecule has 0 aliphatic carbocycles. The Morgan fingerprint density at radius 1 is 1.33 bits per heavy atom. The lowest BCUT2D eigenvalue weighted by atomic mass is 9.79. The van der Waals surface area contributed by atoms with Gasteiger partial charge in [0.2, 0.25) is 0 Å². The van der Waals surface area contributed by atoms with Gasteiger partial charge < -0.3 is 10.6 Å². The second-order valence-electron chi connectivity index (χ2n) is 6.50. The van der Waals surface area contributed by atoms with Gasteiger partial charge in [-0.05, 0) is 30.0 Å². The first-order valence-corrected chi connectivity index (χ1v) is 7.47. The molecule has 1 fully saturated rings. The topological polar surface area (TPSA) is 77.0 Å². The highest BCUT2D eigenvalue weighted by molar-refractivity contribution is 5.94. The maximum Gasteiger partial charge on any atom is 0.253 e. The largest absolute Gasteiger partial charge is 0.338 e. The van der Waals surface area contributed by atoms with Crippen LogP contribution < -0.4 is 5.73 Å². The molecule has 132 valence electrons. The quantitative estimate of drug-likeness (QED) is 0.878. The lowest BCUT2D eigenvalue weighted by molar-refractivity contribution is 0.0533. The summed E-state index contributed by atoms with van der Waals surface area (Å²) < 4.78 is 1.65. The van der Waals surface area contributed by atoms with Crippen molar-refractivity contribution in [2.45, 2.75) is 26.3 Å². The summed E-state index contributed by atoms with van der Waals surface area (Å²) in [4.78, 5) is 18.6. The van der Waals surface area contributed by atoms with Crippen molar-refractivity contribution in [1.82, 2.24) is 19.7 Å². The first kappa shape index (κ1) is 20.4. The average Bonchev–Trinajstić information content (AvgIpc) is 3.04. The lowest BCUT2D eigenvalue weighted by Gasteiger charge is -2.42. The number of carbonyl (C=O) groups is 1. The Morgan fingerprint density at radius 3 is 2.71 bits per heavy atom. The molecule has 1 aromatic carbocycles. The van der Waals surface area contributed by atoms with Crippen LogP contribution in [0.25, 0.3) is 5.69 Å². The molecule has 2 N–H and O–H groups in total. The monoisotopic (exact) mass is 371 g/mol. The van der Waals surface area contributed by atoms with E-state index in [1.165, 1.54) is 6.33 Å². The van der Waals surface area contributed by atoms with E-state index in [0.29, 0.717) is 18.7 Å². The van der Waals surface area contributed by atoms with E-state index in [1.54, 1.807) is 11.0 Å². The van der Waals surface area contributed by atoms with Gasteiger partial charge in [-0.2, -0.15) is 5.10 Å². The molecule has 24 heavy (non-hydrogen) atoms. The summed E-state index contributed by atoms with van der Waals surface area (Å²) in [5.74, 6) is 0.0435. The number of piperidine rings is 1. The molecule has 0 bridgehead atoms. The fourth-order valence-electron chi connectivity index (χ4n) is 2.85. The van der Waals surface area contributed by atoms with E-state index in [1.807, 2.05) is 29.2 Å². The van der Waals surface area contributed by atoms with Gasteiger partial charge in [-0.1, -0.05) is 19.9 Å². The van der Waals surface area contributed by atoms with Crippen molar-refractivity contribution in [1.29, 1.82) is 0 Å². The number of halogens is 2. The summed E-state index contributed by atoms with van der Waals surface area (Å²) >= 11 is 0. The number of aromatic nitrogens is 3. The van der Waals surface area contributed by atoms with Crippen molar-refractivity contribution in [3.63, 3.8) is 0 Å². The second-order valence-corrected chi connectivity index (χ2v) is 6.50. The molecule has 1 unspecified atom stereocenters. The number of benzene rings is 1. The van der Waals surface area contributed by atoms with Crippen LogP contribution in [-0.2, 0) is 0 Å². The van der Waals surface area contributed by atoms with E-state index < -0.39 is 0 Å². The highest BCUT2D eigenvalue weighted by Gasteiger charge is 2.35. The minimum absolute atomic E-state index is 0. The molecule has 2 heterocycles. The second kappa shape index (κ2) is 7.96. The third-order valence-corrected chi connectivity index (χ3v) is 4.38. The van der Waals surface area contributed by atoms with Crippen LogP contribution in [-0.4, -0.2) is 44.7 Å². The predicted molar refractivity (Wildman–Crippen MR) is 98.1 cm³/mol. The Kier molecular flexibility index (Phi) is 6.77. The fraction of sp³-hybridized carbons (Fsp3) is 0.438. The zero-order valence-electron chi connectivity index (χ0n) is 13.8. The van der Waals surface area contributed by atoms with E-state index in [-0.39, 0.29) is 42.2 Å². The van der Waals surface area contributed by atoms with E-state index in [4.69, 9.17) is 5.73 Å². The molecule has 0 saturated carbocycles. The Morgan fingerprint density at radius 2 is 2.08 bits per heavy atom. The minimum atomic E-state index is -0.0581. The predicted octanol–water partition coefficient (Wildman–Crippen LogP) is 2.31. The van der Waals surface area contributed by atoms with Gasteiger partial charge in [-0.3, -0.25) is 4.79 Å². The van der Waals surface area contributed by atoms with Gasteiger partial charge in [-0.25, -0.2) is 9.67 Å². The smallest absolute Gasteiger partial charge is 0.253 e. The van der Waals surface area contributed by atoms with Crippen molar-refractivity contribution in [2.24, 2.45) is 11.1 Å². The molecular weight excluding hydrogens is 349 g/mol. The maximum absolute atomic E-state index is 12.8. The van der Waals surface area contributed by atoms with E-state index in [2.05, 4.69) is 23.9 Å². The maximum atomic E-state index is 12.8. The third kappa shape index (κ3) is 4.06. The van der Waals surface area contributed by atoms with Crippen LogP contribution in [0.3, 0.4) is 0 Å². The fourth-order valence-corrected chi connectivity index (χ4v) is 2.85. The summed E-state index contributed by atoms with van der Waals surface area (Å²) in [6.45, 7) is 5.61. The first-order chi connectivity index (χ1) is 10.5. The van der Waals surface area contributed by atoms with Crippen LogP contribution in [0, 0.1) is 5.41 Å². The summed E-state index contributed by atoms with van der Waals surface area (Å²) in [6, 6.07) is 7.59. The van der Waals surface area contributed by atoms with Crippen molar-refractivity contribution in [3.05, 3.63) is 42.5 Å². The summed E-state index contributed by atoms with van der Waals surface area (Å²) in [5.41, 5.74) is 7.58. The number of rotatable bonds is 2. The molecule has 6 nitrogen and oxygen atoms in total. The van der Waals surface area contributed by atoms with E-state index >= 15 is 0 Å². The van der Waals surface area contributed by atoms with Crippen LogP contribution >= 0.6 is 24.8 Å². The van der Waals surface area contributed by atoms with Crippen LogP contribution in [0.1, 0.15) is 30.6 Å². The van der Waals surface area contributed by atoms with Crippen LogP contribution in [0.5, 0.6) is 0 Å². The Labute approximate surface area is 154 Å². The molecule has 0 radical (unpaired) electrons. The zero-order chi connectivity index (χ0) is 15.7. The van der Waals surface area contributed by atoms with Crippen molar-refractivity contribution < 1.29 is 4.79 Å². The number of hydrogen-bond donors (Lipinski definition) is 1. The molecule has 8 heteroatoms. The highest BCUT2D eigenvalue weighted by atomic mass is 35.5. The van der Waals surface area contributed by atoms with Crippen molar-refractivity contribution in [2.75, 3.05) is 13.1 Å². The van der Waals surface area contributed by atoms with Gasteiger partial charge in [0.25, 0.3) is 5.91 Å². The van der Waals surface area contributed by atoms with E-state index in [0.717, 1.165) is 12.1 Å². The molecular formula is C16H23Cl2N5O.